The molecule has 34 heavy (non-hydrogen) atoms. The Morgan fingerprint density at radius 1 is 1.32 bits per heavy atom. The van der Waals surface area contributed by atoms with E-state index in [1.165, 1.54) is 34.6 Å². The molecule has 4 heterocycles. The molecule has 0 aromatic carbocycles. The standard InChI is InChI=1S/C20H22N6O5S2.Na.H/c27-13(8-32-14-6-22-25-24-14)23-15-18(29)26-16(20(30)31)12(7-33-19(15)26)11(5-9-1-2-9)10-3-4-21-17(10)28;;/h6,9,15,19H,1-5,7-8H2,(H,21,28)(H,23,27)(H,30,31)(H,22,24,25);;/t15-,19-;;/m1../s1. The van der Waals surface area contributed by atoms with Crippen LogP contribution in [0.2, 0.25) is 0 Å². The van der Waals surface area contributed by atoms with Crippen molar-refractivity contribution in [2.75, 3.05) is 18.1 Å². The third-order valence-corrected chi connectivity index (χ3v) is 8.29. The van der Waals surface area contributed by atoms with Gasteiger partial charge in [-0.25, -0.2) is 4.79 Å². The first-order valence-corrected chi connectivity index (χ1v) is 12.7. The minimum absolute atomic E-state index is 0. The van der Waals surface area contributed by atoms with E-state index < -0.39 is 23.3 Å². The fraction of sp³-hybridized carbons (Fsp3) is 0.500. The Hall–Kier alpha value is -1.80. The zero-order valence-corrected chi connectivity index (χ0v) is 19.1. The van der Waals surface area contributed by atoms with Crippen molar-refractivity contribution in [1.29, 1.82) is 0 Å². The van der Waals surface area contributed by atoms with Crippen LogP contribution in [-0.2, 0) is 19.2 Å². The van der Waals surface area contributed by atoms with Gasteiger partial charge in [0.1, 0.15) is 22.1 Å². The first-order chi connectivity index (χ1) is 15.9. The van der Waals surface area contributed by atoms with E-state index in [4.69, 9.17) is 0 Å². The number of thioether (sulfide) groups is 2. The number of rotatable bonds is 8. The maximum atomic E-state index is 12.9. The normalized spacial score (nSPS) is 25.2. The summed E-state index contributed by atoms with van der Waals surface area (Å²) in [5.74, 6) is -1.23. The molecule has 2 saturated heterocycles. The molecule has 0 radical (unpaired) electrons. The second-order valence-corrected chi connectivity index (χ2v) is 10.4. The molecule has 0 bridgehead atoms. The number of aromatic amines is 1. The number of β-lactam (4-membered cyclic amide) rings is 1. The van der Waals surface area contributed by atoms with Gasteiger partial charge in [0.25, 0.3) is 5.91 Å². The van der Waals surface area contributed by atoms with Crippen molar-refractivity contribution in [3.63, 3.8) is 0 Å². The summed E-state index contributed by atoms with van der Waals surface area (Å²) in [6.45, 7) is 0.539. The molecule has 0 spiro atoms. The van der Waals surface area contributed by atoms with Gasteiger partial charge in [0.05, 0.1) is 11.9 Å². The van der Waals surface area contributed by atoms with Crippen LogP contribution in [0.4, 0.5) is 0 Å². The number of nitrogens with zero attached hydrogens (tertiary/aromatic N) is 3. The van der Waals surface area contributed by atoms with Crippen LogP contribution < -0.4 is 10.6 Å². The van der Waals surface area contributed by atoms with E-state index in [0.717, 1.165) is 18.4 Å². The van der Waals surface area contributed by atoms with Crippen molar-refractivity contribution in [3.05, 3.63) is 28.6 Å². The van der Waals surface area contributed by atoms with Crippen LogP contribution in [-0.4, -0.2) is 108 Å². The molecule has 3 fully saturated rings. The van der Waals surface area contributed by atoms with E-state index in [1.807, 2.05) is 0 Å². The Labute approximate surface area is 225 Å². The Bertz CT molecular complexity index is 1090. The summed E-state index contributed by atoms with van der Waals surface area (Å²) < 4.78 is 0. The number of aliphatic carboxylic acids is 1. The van der Waals surface area contributed by atoms with Gasteiger partial charge in [-0.1, -0.05) is 17.0 Å². The Kier molecular flexibility index (Phi) is 7.77. The van der Waals surface area contributed by atoms with Gasteiger partial charge in [0.15, 0.2) is 0 Å². The van der Waals surface area contributed by atoms with Crippen molar-refractivity contribution in [2.45, 2.75) is 42.1 Å². The molecule has 1 aliphatic carbocycles. The number of H-pyrrole nitrogens is 1. The van der Waals surface area contributed by atoms with Crippen LogP contribution in [0.1, 0.15) is 25.7 Å². The zero-order chi connectivity index (χ0) is 23.1. The van der Waals surface area contributed by atoms with E-state index >= 15 is 0 Å². The van der Waals surface area contributed by atoms with E-state index in [2.05, 4.69) is 26.0 Å². The summed E-state index contributed by atoms with van der Waals surface area (Å²) >= 11 is 2.62. The van der Waals surface area contributed by atoms with Gasteiger partial charge in [-0.05, 0) is 42.7 Å². The third kappa shape index (κ3) is 4.94. The predicted octanol–water partition coefficient (Wildman–Crippen LogP) is -0.396. The molecule has 4 N–H and O–H groups in total. The summed E-state index contributed by atoms with van der Waals surface area (Å²) in [6.07, 6.45) is 4.83. The number of nitrogens with one attached hydrogen (secondary N) is 3. The van der Waals surface area contributed by atoms with Crippen LogP contribution in [0.25, 0.3) is 0 Å². The van der Waals surface area contributed by atoms with Gasteiger partial charge in [-0.2, -0.15) is 0 Å². The van der Waals surface area contributed by atoms with E-state index in [0.29, 0.717) is 47.2 Å². The number of carboxylic acid groups (broad SMARTS) is 1. The fourth-order valence-electron chi connectivity index (χ4n) is 4.31. The number of allylic oxidation sites excluding steroid dienone is 1. The zero-order valence-electron chi connectivity index (χ0n) is 17.5. The Morgan fingerprint density at radius 2 is 2.12 bits per heavy atom. The monoisotopic (exact) mass is 514 g/mol. The van der Waals surface area contributed by atoms with Crippen molar-refractivity contribution in [1.82, 2.24) is 30.9 Å². The summed E-state index contributed by atoms with van der Waals surface area (Å²) in [4.78, 5) is 51.2. The molecule has 3 aliphatic heterocycles. The number of carboxylic acids is 1. The SMILES string of the molecule is O=C(CSc1cnn[nH]1)N[C@@H]1C(=O)N2C(C(=O)O)=C(C(CC3CC3)=C3CCNC3=O)CS[C@H]12.[NaH]. The molecule has 1 aromatic rings. The summed E-state index contributed by atoms with van der Waals surface area (Å²) in [7, 11) is 0. The number of carbonyl (C=O) groups is 4. The van der Waals surface area contributed by atoms with Crippen molar-refractivity contribution in [3.8, 4) is 0 Å². The molecule has 1 saturated carbocycles. The Balaban J connectivity index is 0.00000274. The number of hydrogen-bond acceptors (Lipinski definition) is 8. The molecule has 4 aliphatic rings. The summed E-state index contributed by atoms with van der Waals surface area (Å²) in [6, 6.07) is -0.784. The van der Waals surface area contributed by atoms with Gasteiger partial charge in [0, 0.05) is 17.9 Å². The molecule has 1 aromatic heterocycles. The molecular formula is C20H23N6NaO5S2. The second kappa shape index (κ2) is 10.4. The third-order valence-electron chi connectivity index (χ3n) is 6.09. The number of carbonyl (C=O) groups excluding carboxylic acids is 3. The predicted molar refractivity (Wildman–Crippen MR) is 126 cm³/mol. The fourth-order valence-corrected chi connectivity index (χ4v) is 6.30. The molecule has 11 nitrogen and oxygen atoms in total. The van der Waals surface area contributed by atoms with Gasteiger partial charge >= 0.3 is 35.5 Å². The molecule has 5 rings (SSSR count). The maximum absolute atomic E-state index is 12.9. The second-order valence-electron chi connectivity index (χ2n) is 8.31. The van der Waals surface area contributed by atoms with Crippen LogP contribution in [0, 0.1) is 5.92 Å². The van der Waals surface area contributed by atoms with Gasteiger partial charge in [0.2, 0.25) is 11.8 Å². The number of aromatic nitrogens is 3. The summed E-state index contributed by atoms with van der Waals surface area (Å²) in [5.41, 5.74) is 1.91. The number of hydrogen-bond donors (Lipinski definition) is 4. The van der Waals surface area contributed by atoms with Gasteiger partial charge in [-0.3, -0.25) is 24.4 Å². The van der Waals surface area contributed by atoms with Crippen LogP contribution in [0.15, 0.2) is 33.6 Å². The molecule has 0 unspecified atom stereocenters. The minimum atomic E-state index is -1.19. The van der Waals surface area contributed by atoms with Crippen molar-refractivity contribution >= 4 is 76.8 Å². The van der Waals surface area contributed by atoms with Crippen molar-refractivity contribution < 1.29 is 24.3 Å². The summed E-state index contributed by atoms with van der Waals surface area (Å²) in [5, 5.41) is 25.6. The van der Waals surface area contributed by atoms with E-state index in [-0.39, 0.29) is 52.8 Å². The first-order valence-electron chi connectivity index (χ1n) is 10.6. The van der Waals surface area contributed by atoms with E-state index in [1.54, 1.807) is 0 Å². The topological polar surface area (TPSA) is 157 Å². The average molecular weight is 515 g/mol. The van der Waals surface area contributed by atoms with Gasteiger partial charge < -0.3 is 15.7 Å². The molecule has 3 amide bonds. The average Bonchev–Trinajstić information content (AvgIpc) is 3.27. The molecule has 176 valence electrons. The first kappa shape index (κ1) is 25.3. The molecule has 14 heteroatoms. The van der Waals surface area contributed by atoms with Crippen LogP contribution in [0.3, 0.4) is 0 Å². The van der Waals surface area contributed by atoms with Crippen LogP contribution in [0.5, 0.6) is 0 Å². The molecular weight excluding hydrogens is 491 g/mol. The van der Waals surface area contributed by atoms with E-state index in [9.17, 15) is 24.3 Å². The van der Waals surface area contributed by atoms with Crippen LogP contribution >= 0.6 is 23.5 Å². The van der Waals surface area contributed by atoms with Gasteiger partial charge in [-0.15, -0.1) is 16.9 Å². The molecule has 2 atom stereocenters. The number of fused-ring (bicyclic) bond motifs is 1. The Morgan fingerprint density at radius 3 is 2.74 bits per heavy atom. The van der Waals surface area contributed by atoms with Crippen molar-refractivity contribution in [2.24, 2.45) is 5.92 Å². The quantitative estimate of drug-likeness (QED) is 0.157. The number of amides is 3.